The molecule has 2 N–H and O–H groups in total. The second-order valence-corrected chi connectivity index (χ2v) is 5.63. The number of carbonyl (C=O) groups is 2. The first-order valence-electron chi connectivity index (χ1n) is 7.63. The fourth-order valence-electron chi connectivity index (χ4n) is 2.56. The molecule has 1 aromatic carbocycles. The lowest BCUT2D eigenvalue weighted by Crippen LogP contribution is -2.25. The Labute approximate surface area is 149 Å². The lowest BCUT2D eigenvalue weighted by molar-refractivity contribution is 0.0687. The number of hydrogen-bond acceptors (Lipinski definition) is 8. The monoisotopic (exact) mass is 369 g/mol. The maximum Gasteiger partial charge on any atom is 0.419 e. The van der Waals surface area contributed by atoms with Gasteiger partial charge < -0.3 is 14.8 Å². The third kappa shape index (κ3) is 2.78. The lowest BCUT2D eigenvalue weighted by Gasteiger charge is -2.06. The molecular weight excluding hydrogens is 358 g/mol. The van der Waals surface area contributed by atoms with Gasteiger partial charge in [-0.2, -0.15) is 4.52 Å². The van der Waals surface area contributed by atoms with Crippen molar-refractivity contribution < 1.29 is 19.1 Å². The van der Waals surface area contributed by atoms with Crippen LogP contribution in [-0.4, -0.2) is 46.6 Å². The number of benzene rings is 1. The van der Waals surface area contributed by atoms with Gasteiger partial charge in [-0.1, -0.05) is 11.2 Å². The van der Waals surface area contributed by atoms with Gasteiger partial charge in [0.1, 0.15) is 5.69 Å². The van der Waals surface area contributed by atoms with Crippen molar-refractivity contribution in [3.8, 4) is 0 Å². The van der Waals surface area contributed by atoms with E-state index >= 15 is 0 Å². The third-order valence-electron chi connectivity index (χ3n) is 3.94. The van der Waals surface area contributed by atoms with Crippen LogP contribution >= 0.6 is 0 Å². The minimum Gasteiger partial charge on any atom is -0.477 e. The summed E-state index contributed by atoms with van der Waals surface area (Å²) >= 11 is 0. The Morgan fingerprint density at radius 2 is 2.11 bits per heavy atom. The maximum atomic E-state index is 12.4. The first-order chi connectivity index (χ1) is 12.9. The van der Waals surface area contributed by atoms with Crippen LogP contribution in [0.4, 0.5) is 0 Å². The van der Waals surface area contributed by atoms with Crippen LogP contribution in [0.15, 0.2) is 33.5 Å². The average Bonchev–Trinajstić information content (AvgIpc) is 3.23. The molecule has 0 saturated carbocycles. The van der Waals surface area contributed by atoms with Crippen LogP contribution in [0.2, 0.25) is 0 Å². The number of hydrogen-bond donors (Lipinski definition) is 2. The number of oxazole rings is 1. The van der Waals surface area contributed by atoms with E-state index in [0.717, 1.165) is 16.1 Å². The molecule has 0 saturated heterocycles. The van der Waals surface area contributed by atoms with Gasteiger partial charge in [-0.05, 0) is 28.1 Å². The highest BCUT2D eigenvalue weighted by atomic mass is 16.4. The van der Waals surface area contributed by atoms with Crippen molar-refractivity contribution >= 4 is 28.8 Å². The predicted molar refractivity (Wildman–Crippen MR) is 88.2 cm³/mol. The zero-order valence-corrected chi connectivity index (χ0v) is 13.8. The summed E-state index contributed by atoms with van der Waals surface area (Å²) in [6.07, 6.45) is 0. The molecule has 3 heterocycles. The zero-order valence-electron chi connectivity index (χ0n) is 13.8. The number of fused-ring (bicyclic) bond motifs is 2. The molecule has 0 unspecified atom stereocenters. The van der Waals surface area contributed by atoms with Crippen LogP contribution in [0.3, 0.4) is 0 Å². The number of carboxylic acid groups (broad SMARTS) is 1. The largest absolute Gasteiger partial charge is 0.477 e. The van der Waals surface area contributed by atoms with Crippen molar-refractivity contribution in [3.63, 3.8) is 0 Å². The Bertz CT molecular complexity index is 1270. The molecule has 12 heteroatoms. The molecule has 0 radical (unpaired) electrons. The van der Waals surface area contributed by atoms with Gasteiger partial charge in [0.15, 0.2) is 11.3 Å². The zero-order chi connectivity index (χ0) is 19.1. The fourth-order valence-corrected chi connectivity index (χ4v) is 2.56. The van der Waals surface area contributed by atoms with Gasteiger partial charge in [-0.15, -0.1) is 0 Å². The van der Waals surface area contributed by atoms with Crippen molar-refractivity contribution in [3.05, 3.63) is 51.8 Å². The second-order valence-electron chi connectivity index (χ2n) is 5.63. The number of aromatic carboxylic acids is 1. The molecule has 1 amide bonds. The van der Waals surface area contributed by atoms with E-state index in [1.807, 2.05) is 0 Å². The Kier molecular flexibility index (Phi) is 3.65. The Balaban J connectivity index is 1.59. The van der Waals surface area contributed by atoms with E-state index in [-0.39, 0.29) is 23.7 Å². The maximum absolute atomic E-state index is 12.4. The fraction of sp³-hybridized carbons (Fsp3) is 0.133. The highest BCUT2D eigenvalue weighted by Crippen LogP contribution is 2.14. The highest BCUT2D eigenvalue weighted by molar-refractivity contribution is 5.95. The Morgan fingerprint density at radius 1 is 1.30 bits per heavy atom. The standard InChI is InChI=1S/C15H11N7O5/c1-21-9-4-7(2-3-11(9)27-15(21)26)6-16-12(23)8-5-10(13(24)25)22-14(17-8)18-19-20-22/h2-5H,6H2,1H3,(H,16,23)(H,24,25). The van der Waals surface area contributed by atoms with E-state index < -0.39 is 17.6 Å². The first kappa shape index (κ1) is 16.4. The van der Waals surface area contributed by atoms with Crippen LogP contribution in [0, 0.1) is 0 Å². The van der Waals surface area contributed by atoms with Gasteiger partial charge in [0.25, 0.3) is 11.7 Å². The number of nitrogens with zero attached hydrogens (tertiary/aromatic N) is 6. The number of carboxylic acids is 1. The quantitative estimate of drug-likeness (QED) is 0.488. The topological polar surface area (TPSA) is 158 Å². The number of aryl methyl sites for hydroxylation is 1. The summed E-state index contributed by atoms with van der Waals surface area (Å²) in [6.45, 7) is 0.133. The van der Waals surface area contributed by atoms with E-state index in [1.54, 1.807) is 25.2 Å². The first-order valence-corrected chi connectivity index (χ1v) is 7.63. The molecule has 3 aromatic heterocycles. The second kappa shape index (κ2) is 6.01. The summed E-state index contributed by atoms with van der Waals surface area (Å²) < 4.78 is 7.33. The number of tetrazole rings is 1. The summed E-state index contributed by atoms with van der Waals surface area (Å²) in [4.78, 5) is 39.2. The molecule has 4 aromatic rings. The Hall–Kier alpha value is -4.09. The van der Waals surface area contributed by atoms with Crippen LogP contribution in [0.1, 0.15) is 26.5 Å². The van der Waals surface area contributed by atoms with Crippen LogP contribution < -0.4 is 11.1 Å². The number of aromatic nitrogens is 6. The van der Waals surface area contributed by atoms with Gasteiger partial charge in [0, 0.05) is 19.7 Å². The van der Waals surface area contributed by atoms with Crippen molar-refractivity contribution in [1.29, 1.82) is 0 Å². The van der Waals surface area contributed by atoms with Crippen LogP contribution in [0.5, 0.6) is 0 Å². The van der Waals surface area contributed by atoms with E-state index in [2.05, 4.69) is 25.8 Å². The summed E-state index contributed by atoms with van der Waals surface area (Å²) in [7, 11) is 1.58. The molecule has 12 nitrogen and oxygen atoms in total. The average molecular weight is 369 g/mol. The molecule has 0 fully saturated rings. The summed E-state index contributed by atoms with van der Waals surface area (Å²) in [5.74, 6) is -2.47. The van der Waals surface area contributed by atoms with Gasteiger partial charge >= 0.3 is 11.7 Å². The third-order valence-corrected chi connectivity index (χ3v) is 3.94. The van der Waals surface area contributed by atoms with E-state index in [4.69, 9.17) is 4.42 Å². The summed E-state index contributed by atoms with van der Waals surface area (Å²) in [5.41, 5.74) is 1.33. The normalized spacial score (nSPS) is 11.1. The SMILES string of the molecule is Cn1c(=O)oc2ccc(CNC(=O)c3cc(C(=O)O)n4nnnc4n3)cc21. The van der Waals surface area contributed by atoms with Crippen molar-refractivity contribution in [2.45, 2.75) is 6.54 Å². The predicted octanol–water partition coefficient (Wildman–Crippen LogP) is -0.408. The van der Waals surface area contributed by atoms with Crippen molar-refractivity contribution in [2.24, 2.45) is 7.05 Å². The van der Waals surface area contributed by atoms with Gasteiger partial charge in [-0.3, -0.25) is 9.36 Å². The number of amides is 1. The molecule has 136 valence electrons. The highest BCUT2D eigenvalue weighted by Gasteiger charge is 2.18. The molecular formula is C15H11N7O5. The van der Waals surface area contributed by atoms with E-state index in [9.17, 15) is 19.5 Å². The van der Waals surface area contributed by atoms with Gasteiger partial charge in [0.2, 0.25) is 0 Å². The molecule has 0 bridgehead atoms. The smallest absolute Gasteiger partial charge is 0.419 e. The van der Waals surface area contributed by atoms with Gasteiger partial charge in [-0.25, -0.2) is 14.6 Å². The van der Waals surface area contributed by atoms with E-state index in [0.29, 0.717) is 11.1 Å². The molecule has 0 atom stereocenters. The minimum atomic E-state index is -1.30. The molecule has 4 rings (SSSR count). The van der Waals surface area contributed by atoms with Crippen LogP contribution in [0.25, 0.3) is 16.9 Å². The number of nitrogens with one attached hydrogen (secondary N) is 1. The minimum absolute atomic E-state index is 0.102. The number of carbonyl (C=O) groups excluding carboxylic acids is 1. The summed E-state index contributed by atoms with van der Waals surface area (Å²) in [5, 5.41) is 22.3. The molecule has 0 spiro atoms. The molecule has 0 aliphatic rings. The Morgan fingerprint density at radius 3 is 2.89 bits per heavy atom. The van der Waals surface area contributed by atoms with Gasteiger partial charge in [0.05, 0.1) is 5.52 Å². The summed E-state index contributed by atoms with van der Waals surface area (Å²) in [6, 6.07) is 6.13. The number of rotatable bonds is 4. The van der Waals surface area contributed by atoms with Crippen molar-refractivity contribution in [1.82, 2.24) is 34.9 Å². The molecule has 0 aliphatic heterocycles. The molecule has 27 heavy (non-hydrogen) atoms. The van der Waals surface area contributed by atoms with E-state index in [1.165, 1.54) is 4.57 Å². The lowest BCUT2D eigenvalue weighted by atomic mass is 10.2. The molecule has 0 aliphatic carbocycles. The van der Waals surface area contributed by atoms with Crippen molar-refractivity contribution in [2.75, 3.05) is 0 Å². The van der Waals surface area contributed by atoms with Crippen LogP contribution in [-0.2, 0) is 13.6 Å².